The molecule has 5 heteroatoms. The van der Waals surface area contributed by atoms with Gasteiger partial charge in [-0.1, -0.05) is 6.08 Å². The Morgan fingerprint density at radius 3 is 2.23 bits per heavy atom. The lowest BCUT2D eigenvalue weighted by atomic mass is 10.1. The fraction of sp³-hybridized carbons (Fsp3) is 0.238. The highest BCUT2D eigenvalue weighted by Crippen LogP contribution is 2.24. The molecule has 1 heterocycles. The van der Waals surface area contributed by atoms with Crippen molar-refractivity contribution >= 4 is 23.5 Å². The number of anilines is 1. The minimum absolute atomic E-state index is 0.105. The van der Waals surface area contributed by atoms with E-state index in [9.17, 15) is 9.59 Å². The molecule has 2 aromatic rings. The summed E-state index contributed by atoms with van der Waals surface area (Å²) in [7, 11) is 3.17. The van der Waals surface area contributed by atoms with Crippen LogP contribution in [0.25, 0.3) is 6.08 Å². The molecule has 0 saturated carbocycles. The molecule has 0 unspecified atom stereocenters. The average Bonchev–Trinajstić information content (AvgIpc) is 3.11. The molecule has 134 valence electrons. The standard InChI is InChI=1S/C21H21NO4/c1-25-18-12-15(13-19(14-18)26-2)5-10-20(23)16-6-8-17(9-7-16)22-11-3-4-21(22)24/h5-10,12-14H,3-4,11H2,1-2H3/b10-5+. The highest BCUT2D eigenvalue weighted by Gasteiger charge is 2.21. The first-order valence-electron chi connectivity index (χ1n) is 8.46. The molecule has 0 spiro atoms. The van der Waals surface area contributed by atoms with Gasteiger partial charge in [-0.3, -0.25) is 9.59 Å². The number of rotatable bonds is 6. The lowest BCUT2D eigenvalue weighted by Crippen LogP contribution is -2.23. The minimum Gasteiger partial charge on any atom is -0.497 e. The van der Waals surface area contributed by atoms with Crippen molar-refractivity contribution in [3.8, 4) is 11.5 Å². The Bertz CT molecular complexity index is 817. The number of carbonyl (C=O) groups excluding carboxylic acids is 2. The van der Waals surface area contributed by atoms with E-state index < -0.39 is 0 Å². The van der Waals surface area contributed by atoms with Crippen LogP contribution in [0.15, 0.2) is 48.5 Å². The Morgan fingerprint density at radius 1 is 1.04 bits per heavy atom. The first-order valence-corrected chi connectivity index (χ1v) is 8.46. The molecule has 1 fully saturated rings. The van der Waals surface area contributed by atoms with Crippen molar-refractivity contribution in [2.75, 3.05) is 25.7 Å². The summed E-state index contributed by atoms with van der Waals surface area (Å²) in [6, 6.07) is 12.6. The maximum absolute atomic E-state index is 12.4. The molecule has 0 atom stereocenters. The van der Waals surface area contributed by atoms with Crippen LogP contribution in [0.1, 0.15) is 28.8 Å². The normalized spacial score (nSPS) is 14.1. The van der Waals surface area contributed by atoms with E-state index in [0.717, 1.165) is 24.2 Å². The smallest absolute Gasteiger partial charge is 0.227 e. The molecule has 0 N–H and O–H groups in total. The molecule has 3 rings (SSSR count). The number of nitrogens with zero attached hydrogens (tertiary/aromatic N) is 1. The average molecular weight is 351 g/mol. The molecule has 26 heavy (non-hydrogen) atoms. The van der Waals surface area contributed by atoms with Crippen LogP contribution in [0.3, 0.4) is 0 Å². The maximum atomic E-state index is 12.4. The van der Waals surface area contributed by atoms with Gasteiger partial charge in [0, 0.05) is 30.3 Å². The third-order valence-electron chi connectivity index (χ3n) is 4.34. The number of methoxy groups -OCH3 is 2. The Morgan fingerprint density at radius 2 is 1.69 bits per heavy atom. The Labute approximate surface area is 152 Å². The quantitative estimate of drug-likeness (QED) is 0.588. The summed E-state index contributed by atoms with van der Waals surface area (Å²) in [5.74, 6) is 1.36. The fourth-order valence-electron chi connectivity index (χ4n) is 2.92. The van der Waals surface area contributed by atoms with Crippen LogP contribution >= 0.6 is 0 Å². The summed E-state index contributed by atoms with van der Waals surface area (Å²) in [6.45, 7) is 0.740. The van der Waals surface area contributed by atoms with Crippen molar-refractivity contribution in [1.29, 1.82) is 0 Å². The van der Waals surface area contributed by atoms with Crippen molar-refractivity contribution in [2.24, 2.45) is 0 Å². The van der Waals surface area contributed by atoms with E-state index >= 15 is 0 Å². The van der Waals surface area contributed by atoms with Gasteiger partial charge in [0.25, 0.3) is 0 Å². The predicted molar refractivity (Wildman–Crippen MR) is 101 cm³/mol. The molecule has 0 bridgehead atoms. The number of ether oxygens (including phenoxy) is 2. The second-order valence-corrected chi connectivity index (χ2v) is 6.04. The van der Waals surface area contributed by atoms with Crippen molar-refractivity contribution in [2.45, 2.75) is 12.8 Å². The van der Waals surface area contributed by atoms with Crippen LogP contribution in [-0.2, 0) is 4.79 Å². The van der Waals surface area contributed by atoms with Crippen LogP contribution in [0.2, 0.25) is 0 Å². The molecule has 0 aromatic heterocycles. The number of hydrogen-bond acceptors (Lipinski definition) is 4. The van der Waals surface area contributed by atoms with Gasteiger partial charge in [0.2, 0.25) is 5.91 Å². The Kier molecular flexibility index (Phi) is 5.37. The third-order valence-corrected chi connectivity index (χ3v) is 4.34. The van der Waals surface area contributed by atoms with E-state index in [4.69, 9.17) is 9.47 Å². The molecule has 1 aliphatic rings. The highest BCUT2D eigenvalue weighted by molar-refractivity contribution is 6.07. The first kappa shape index (κ1) is 17.7. The van der Waals surface area contributed by atoms with Gasteiger partial charge in [0.1, 0.15) is 11.5 Å². The molecule has 0 radical (unpaired) electrons. The predicted octanol–water partition coefficient (Wildman–Crippen LogP) is 3.73. The van der Waals surface area contributed by atoms with E-state index in [-0.39, 0.29) is 11.7 Å². The van der Waals surface area contributed by atoms with Gasteiger partial charge in [0.05, 0.1) is 14.2 Å². The summed E-state index contributed by atoms with van der Waals surface area (Å²) in [5, 5.41) is 0. The molecule has 1 aliphatic heterocycles. The summed E-state index contributed by atoms with van der Waals surface area (Å²) in [5.41, 5.74) is 2.23. The van der Waals surface area contributed by atoms with Crippen LogP contribution in [0.4, 0.5) is 5.69 Å². The topological polar surface area (TPSA) is 55.8 Å². The first-order chi connectivity index (χ1) is 12.6. The highest BCUT2D eigenvalue weighted by atomic mass is 16.5. The fourth-order valence-corrected chi connectivity index (χ4v) is 2.92. The number of ketones is 1. The monoisotopic (exact) mass is 351 g/mol. The van der Waals surface area contributed by atoms with Gasteiger partial charge in [0.15, 0.2) is 5.78 Å². The van der Waals surface area contributed by atoms with Crippen molar-refractivity contribution in [1.82, 2.24) is 0 Å². The van der Waals surface area contributed by atoms with Crippen LogP contribution in [-0.4, -0.2) is 32.5 Å². The van der Waals surface area contributed by atoms with Gasteiger partial charge in [-0.2, -0.15) is 0 Å². The largest absolute Gasteiger partial charge is 0.497 e. The van der Waals surface area contributed by atoms with Gasteiger partial charge < -0.3 is 14.4 Å². The van der Waals surface area contributed by atoms with E-state index in [2.05, 4.69) is 0 Å². The zero-order valence-corrected chi connectivity index (χ0v) is 14.9. The second-order valence-electron chi connectivity index (χ2n) is 6.04. The summed E-state index contributed by atoms with van der Waals surface area (Å²) in [6.07, 6.45) is 4.72. The SMILES string of the molecule is COc1cc(/C=C/C(=O)c2ccc(N3CCCC3=O)cc2)cc(OC)c1. The van der Waals surface area contributed by atoms with Crippen LogP contribution < -0.4 is 14.4 Å². The van der Waals surface area contributed by atoms with Gasteiger partial charge in [-0.05, 0) is 54.5 Å². The van der Waals surface area contributed by atoms with E-state index in [1.54, 1.807) is 43.4 Å². The van der Waals surface area contributed by atoms with Crippen molar-refractivity contribution < 1.29 is 19.1 Å². The minimum atomic E-state index is -0.105. The molecular weight excluding hydrogens is 330 g/mol. The number of amides is 1. The summed E-state index contributed by atoms with van der Waals surface area (Å²) >= 11 is 0. The Hall–Kier alpha value is -3.08. The number of allylic oxidation sites excluding steroid dienone is 1. The van der Waals surface area contributed by atoms with E-state index in [1.807, 2.05) is 24.3 Å². The number of benzene rings is 2. The zero-order chi connectivity index (χ0) is 18.5. The van der Waals surface area contributed by atoms with Gasteiger partial charge >= 0.3 is 0 Å². The summed E-state index contributed by atoms with van der Waals surface area (Å²) in [4.78, 5) is 25.9. The lowest BCUT2D eigenvalue weighted by molar-refractivity contribution is -0.117. The molecule has 5 nitrogen and oxygen atoms in total. The molecule has 1 saturated heterocycles. The van der Waals surface area contributed by atoms with Crippen molar-refractivity contribution in [3.05, 3.63) is 59.7 Å². The van der Waals surface area contributed by atoms with Crippen molar-refractivity contribution in [3.63, 3.8) is 0 Å². The van der Waals surface area contributed by atoms with E-state index in [0.29, 0.717) is 23.5 Å². The number of carbonyl (C=O) groups is 2. The van der Waals surface area contributed by atoms with Crippen LogP contribution in [0, 0.1) is 0 Å². The van der Waals surface area contributed by atoms with E-state index in [1.165, 1.54) is 6.08 Å². The lowest BCUT2D eigenvalue weighted by Gasteiger charge is -2.15. The number of hydrogen-bond donors (Lipinski definition) is 0. The van der Waals surface area contributed by atoms with Crippen LogP contribution in [0.5, 0.6) is 11.5 Å². The molecule has 1 amide bonds. The summed E-state index contributed by atoms with van der Waals surface area (Å²) < 4.78 is 10.5. The molecule has 2 aromatic carbocycles. The Balaban J connectivity index is 1.73. The maximum Gasteiger partial charge on any atom is 0.227 e. The zero-order valence-electron chi connectivity index (χ0n) is 14.9. The third kappa shape index (κ3) is 3.94. The van der Waals surface area contributed by atoms with Gasteiger partial charge in [-0.25, -0.2) is 0 Å². The molecular formula is C21H21NO4. The molecule has 0 aliphatic carbocycles. The van der Waals surface area contributed by atoms with Gasteiger partial charge in [-0.15, -0.1) is 0 Å². The second kappa shape index (κ2) is 7.87.